The molecule has 1 saturated carbocycles. The van der Waals surface area contributed by atoms with E-state index in [9.17, 15) is 4.79 Å². The molecule has 4 aromatic rings. The van der Waals surface area contributed by atoms with Crippen LogP contribution < -0.4 is 0 Å². The minimum absolute atomic E-state index is 0.127. The first-order chi connectivity index (χ1) is 14.3. The van der Waals surface area contributed by atoms with Gasteiger partial charge in [-0.25, -0.2) is 9.97 Å². The second kappa shape index (κ2) is 7.70. The summed E-state index contributed by atoms with van der Waals surface area (Å²) in [5.74, 6) is 0.378. The van der Waals surface area contributed by atoms with E-state index >= 15 is 0 Å². The smallest absolute Gasteiger partial charge is 0.226 e. The molecule has 1 aliphatic carbocycles. The number of imidazole rings is 2. The minimum Gasteiger partial charge on any atom is -0.331 e. The van der Waals surface area contributed by atoms with Gasteiger partial charge in [0.1, 0.15) is 11.3 Å². The topological polar surface area (TPSA) is 54.9 Å². The third-order valence-electron chi connectivity index (χ3n) is 5.96. The Kier molecular flexibility index (Phi) is 4.76. The van der Waals surface area contributed by atoms with Gasteiger partial charge in [0, 0.05) is 18.3 Å². The average molecular weight is 387 g/mol. The fraction of sp³-hybridized carbons (Fsp3) is 0.348. The minimum atomic E-state index is 0.127. The molecule has 29 heavy (non-hydrogen) atoms. The molecule has 0 aliphatic heterocycles. The van der Waals surface area contributed by atoms with Gasteiger partial charge in [0.15, 0.2) is 0 Å². The highest BCUT2D eigenvalue weighted by molar-refractivity contribution is 5.79. The molecule has 1 amide bonds. The molecule has 148 valence electrons. The molecule has 1 fully saturated rings. The summed E-state index contributed by atoms with van der Waals surface area (Å²) < 4.78 is 4.13. The molecule has 0 radical (unpaired) electrons. The summed E-state index contributed by atoms with van der Waals surface area (Å²) in [5.41, 5.74) is 3.86. The maximum Gasteiger partial charge on any atom is 0.226 e. The van der Waals surface area contributed by atoms with Crippen LogP contribution in [0, 0.1) is 5.92 Å². The Bertz CT molecular complexity index is 1060. The fourth-order valence-electron chi connectivity index (χ4n) is 4.41. The third kappa shape index (κ3) is 3.50. The number of hydrogen-bond donors (Lipinski definition) is 0. The second-order valence-corrected chi connectivity index (χ2v) is 7.89. The maximum atomic E-state index is 13.5. The largest absolute Gasteiger partial charge is 0.331 e. The van der Waals surface area contributed by atoms with Crippen LogP contribution in [0.2, 0.25) is 0 Å². The molecular weight excluding hydrogens is 362 g/mol. The molecule has 6 heteroatoms. The molecule has 0 N–H and O–H groups in total. The normalized spacial score (nSPS) is 15.2. The lowest BCUT2D eigenvalue weighted by Gasteiger charge is -2.29. The Balaban J connectivity index is 1.47. The molecule has 5 rings (SSSR count). The quantitative estimate of drug-likeness (QED) is 0.518. The summed E-state index contributed by atoms with van der Waals surface area (Å²) in [6, 6.07) is 11.9. The van der Waals surface area contributed by atoms with Crippen LogP contribution in [0.25, 0.3) is 11.3 Å². The Labute approximate surface area is 169 Å². The number of aromatic nitrogens is 4. The summed E-state index contributed by atoms with van der Waals surface area (Å²) in [4.78, 5) is 24.5. The standard InChI is InChI=1S/C23H25N5O/c29-23(18-8-2-1-3-9-18)26(16-19-14-24-21-10-4-6-12-27(19)21)17-20-15-25-22-11-5-7-13-28(20)22/h4-7,10-15,18H,1-3,8-9,16-17H2. The van der Waals surface area contributed by atoms with Gasteiger partial charge in [-0.15, -0.1) is 0 Å². The van der Waals surface area contributed by atoms with Crippen molar-refractivity contribution in [3.05, 3.63) is 72.6 Å². The van der Waals surface area contributed by atoms with Crippen molar-refractivity contribution >= 4 is 17.2 Å². The van der Waals surface area contributed by atoms with Crippen LogP contribution in [0.5, 0.6) is 0 Å². The zero-order valence-electron chi connectivity index (χ0n) is 16.4. The first-order valence-corrected chi connectivity index (χ1v) is 10.4. The first kappa shape index (κ1) is 17.9. The third-order valence-corrected chi connectivity index (χ3v) is 5.96. The van der Waals surface area contributed by atoms with Crippen molar-refractivity contribution in [2.24, 2.45) is 5.92 Å². The highest BCUT2D eigenvalue weighted by atomic mass is 16.2. The van der Waals surface area contributed by atoms with Gasteiger partial charge in [0.2, 0.25) is 5.91 Å². The molecular formula is C23H25N5O. The summed E-state index contributed by atoms with van der Waals surface area (Å²) in [6.45, 7) is 1.08. The van der Waals surface area contributed by atoms with E-state index in [0.717, 1.165) is 48.4 Å². The number of carbonyl (C=O) groups excluding carboxylic acids is 1. The molecule has 0 atom stereocenters. The van der Waals surface area contributed by atoms with Gasteiger partial charge < -0.3 is 13.7 Å². The van der Waals surface area contributed by atoms with Crippen molar-refractivity contribution in [3.8, 4) is 0 Å². The second-order valence-electron chi connectivity index (χ2n) is 7.89. The number of nitrogens with zero attached hydrogens (tertiary/aromatic N) is 5. The van der Waals surface area contributed by atoms with Gasteiger partial charge in [0.05, 0.1) is 36.9 Å². The molecule has 0 saturated heterocycles. The number of pyridine rings is 2. The van der Waals surface area contributed by atoms with E-state index in [1.165, 1.54) is 6.42 Å². The van der Waals surface area contributed by atoms with Crippen LogP contribution in [-0.4, -0.2) is 29.6 Å². The maximum absolute atomic E-state index is 13.5. The van der Waals surface area contributed by atoms with E-state index in [4.69, 9.17) is 0 Å². The van der Waals surface area contributed by atoms with E-state index in [-0.39, 0.29) is 11.8 Å². The van der Waals surface area contributed by atoms with Crippen molar-refractivity contribution in [2.45, 2.75) is 45.2 Å². The Morgan fingerprint density at radius 2 is 1.41 bits per heavy atom. The lowest BCUT2D eigenvalue weighted by molar-refractivity contribution is -0.138. The first-order valence-electron chi connectivity index (χ1n) is 10.4. The van der Waals surface area contributed by atoms with Crippen LogP contribution in [0.1, 0.15) is 43.5 Å². The van der Waals surface area contributed by atoms with E-state index in [2.05, 4.69) is 18.8 Å². The van der Waals surface area contributed by atoms with Crippen molar-refractivity contribution in [1.29, 1.82) is 0 Å². The van der Waals surface area contributed by atoms with Crippen molar-refractivity contribution < 1.29 is 4.79 Å². The van der Waals surface area contributed by atoms with Crippen LogP contribution in [0.15, 0.2) is 61.2 Å². The van der Waals surface area contributed by atoms with Crippen molar-refractivity contribution in [3.63, 3.8) is 0 Å². The van der Waals surface area contributed by atoms with Gasteiger partial charge in [0.25, 0.3) is 0 Å². The predicted octanol–water partition coefficient (Wildman–Crippen LogP) is 4.09. The molecule has 0 unspecified atom stereocenters. The van der Waals surface area contributed by atoms with Gasteiger partial charge in [-0.2, -0.15) is 0 Å². The lowest BCUT2D eigenvalue weighted by atomic mass is 9.88. The summed E-state index contributed by atoms with van der Waals surface area (Å²) in [5, 5.41) is 0. The number of amides is 1. The van der Waals surface area contributed by atoms with Gasteiger partial charge in [-0.1, -0.05) is 31.4 Å². The van der Waals surface area contributed by atoms with Gasteiger partial charge in [-0.05, 0) is 37.1 Å². The summed E-state index contributed by atoms with van der Waals surface area (Å²) in [7, 11) is 0. The molecule has 4 heterocycles. The monoisotopic (exact) mass is 387 g/mol. The molecule has 0 bridgehead atoms. The SMILES string of the molecule is O=C(C1CCCCC1)N(Cc1cnc2ccccn12)Cc1cnc2ccccn12. The number of fused-ring (bicyclic) bond motifs is 2. The van der Waals surface area contributed by atoms with Crippen LogP contribution in [0.4, 0.5) is 0 Å². The molecule has 0 spiro atoms. The van der Waals surface area contributed by atoms with E-state index in [0.29, 0.717) is 13.1 Å². The fourth-order valence-corrected chi connectivity index (χ4v) is 4.41. The Morgan fingerprint density at radius 3 is 1.97 bits per heavy atom. The van der Waals surface area contributed by atoms with Gasteiger partial charge >= 0.3 is 0 Å². The number of hydrogen-bond acceptors (Lipinski definition) is 3. The van der Waals surface area contributed by atoms with E-state index < -0.39 is 0 Å². The summed E-state index contributed by atoms with van der Waals surface area (Å²) in [6.07, 6.45) is 13.3. The molecule has 4 aromatic heterocycles. The zero-order chi connectivity index (χ0) is 19.6. The zero-order valence-corrected chi connectivity index (χ0v) is 16.4. The van der Waals surface area contributed by atoms with Crippen LogP contribution in [0.3, 0.4) is 0 Å². The van der Waals surface area contributed by atoms with Crippen LogP contribution in [-0.2, 0) is 17.9 Å². The average Bonchev–Trinajstić information content (AvgIpc) is 3.38. The number of carbonyl (C=O) groups is 1. The van der Waals surface area contributed by atoms with Crippen LogP contribution >= 0.6 is 0 Å². The Hall–Kier alpha value is -3.15. The predicted molar refractivity (Wildman–Crippen MR) is 111 cm³/mol. The molecule has 0 aromatic carbocycles. The highest BCUT2D eigenvalue weighted by Gasteiger charge is 2.27. The van der Waals surface area contributed by atoms with Crippen molar-refractivity contribution in [2.75, 3.05) is 0 Å². The van der Waals surface area contributed by atoms with Crippen molar-refractivity contribution in [1.82, 2.24) is 23.7 Å². The Morgan fingerprint density at radius 1 is 0.862 bits per heavy atom. The van der Waals surface area contributed by atoms with E-state index in [1.54, 1.807) is 0 Å². The van der Waals surface area contributed by atoms with Gasteiger partial charge in [-0.3, -0.25) is 4.79 Å². The number of rotatable bonds is 5. The highest BCUT2D eigenvalue weighted by Crippen LogP contribution is 2.27. The molecule has 1 aliphatic rings. The summed E-state index contributed by atoms with van der Waals surface area (Å²) >= 11 is 0. The van der Waals surface area contributed by atoms with E-state index in [1.807, 2.05) is 66.1 Å². The molecule has 6 nitrogen and oxygen atoms in total. The lowest BCUT2D eigenvalue weighted by Crippen LogP contribution is -2.36.